The van der Waals surface area contributed by atoms with Gasteiger partial charge in [0.25, 0.3) is 0 Å². The van der Waals surface area contributed by atoms with Crippen molar-refractivity contribution in [2.24, 2.45) is 5.92 Å². The molecule has 11 heavy (non-hydrogen) atoms. The third kappa shape index (κ3) is 2.41. The van der Waals surface area contributed by atoms with Crippen LogP contribution in [0.5, 0.6) is 0 Å². The zero-order chi connectivity index (χ0) is 8.27. The smallest absolute Gasteiger partial charge is 0.407 e. The molecule has 0 aromatic heterocycles. The maximum atomic E-state index is 10.3. The van der Waals surface area contributed by atoms with Crippen LogP contribution in [0.2, 0.25) is 0 Å². The Bertz CT molecular complexity index is 143. The van der Waals surface area contributed by atoms with Crippen molar-refractivity contribution in [3.63, 3.8) is 0 Å². The summed E-state index contributed by atoms with van der Waals surface area (Å²) in [7, 11) is 1.63. The summed E-state index contributed by atoms with van der Waals surface area (Å²) >= 11 is 0. The third-order valence-electron chi connectivity index (χ3n) is 2.42. The van der Waals surface area contributed by atoms with Crippen LogP contribution in [0.3, 0.4) is 0 Å². The molecule has 0 aromatic rings. The molecular weight excluding hydrogens is 142 g/mol. The van der Waals surface area contributed by atoms with Crippen molar-refractivity contribution in [1.29, 1.82) is 0 Å². The van der Waals surface area contributed by atoms with Gasteiger partial charge in [0, 0.05) is 13.6 Å². The first kappa shape index (κ1) is 8.37. The molecule has 0 spiro atoms. The molecule has 1 saturated carbocycles. The molecule has 3 nitrogen and oxygen atoms in total. The fourth-order valence-electron chi connectivity index (χ4n) is 1.25. The van der Waals surface area contributed by atoms with Crippen LogP contribution in [-0.2, 0) is 0 Å². The van der Waals surface area contributed by atoms with Gasteiger partial charge in [0.1, 0.15) is 0 Å². The van der Waals surface area contributed by atoms with E-state index in [9.17, 15) is 4.79 Å². The van der Waals surface area contributed by atoms with Crippen molar-refractivity contribution >= 4 is 6.09 Å². The predicted octanol–water partition coefficient (Wildman–Crippen LogP) is 1.79. The van der Waals surface area contributed by atoms with Crippen LogP contribution in [0.1, 0.15) is 25.7 Å². The van der Waals surface area contributed by atoms with Crippen LogP contribution < -0.4 is 0 Å². The monoisotopic (exact) mass is 157 g/mol. The molecule has 1 fully saturated rings. The van der Waals surface area contributed by atoms with Crippen LogP contribution in [0.25, 0.3) is 0 Å². The Kier molecular flexibility index (Phi) is 2.74. The van der Waals surface area contributed by atoms with Crippen molar-refractivity contribution in [1.82, 2.24) is 4.90 Å². The summed E-state index contributed by atoms with van der Waals surface area (Å²) in [5.74, 6) is 0.803. The van der Waals surface area contributed by atoms with Gasteiger partial charge in [-0.05, 0) is 12.3 Å². The summed E-state index contributed by atoms with van der Waals surface area (Å²) in [5.41, 5.74) is 0. The molecular formula is C8H15NO2. The Hall–Kier alpha value is -0.730. The molecule has 64 valence electrons. The lowest BCUT2D eigenvalue weighted by Crippen LogP contribution is -2.28. The van der Waals surface area contributed by atoms with Gasteiger partial charge in [-0.25, -0.2) is 4.79 Å². The molecule has 1 N–H and O–H groups in total. The topological polar surface area (TPSA) is 40.5 Å². The third-order valence-corrected chi connectivity index (χ3v) is 2.42. The lowest BCUT2D eigenvalue weighted by atomic mass is 9.83. The highest BCUT2D eigenvalue weighted by molar-refractivity contribution is 5.64. The molecule has 0 atom stereocenters. The van der Waals surface area contributed by atoms with Gasteiger partial charge in [0.15, 0.2) is 0 Å². The minimum atomic E-state index is -0.815. The number of carbonyl (C=O) groups is 1. The number of hydrogen-bond acceptors (Lipinski definition) is 1. The number of rotatable bonds is 3. The Morgan fingerprint density at radius 1 is 1.64 bits per heavy atom. The molecule has 0 saturated heterocycles. The Labute approximate surface area is 67.0 Å². The molecule has 0 radical (unpaired) electrons. The van der Waals surface area contributed by atoms with E-state index in [1.165, 1.54) is 24.2 Å². The average molecular weight is 157 g/mol. The van der Waals surface area contributed by atoms with Crippen molar-refractivity contribution in [2.75, 3.05) is 13.6 Å². The second kappa shape index (κ2) is 3.60. The second-order valence-electron chi connectivity index (χ2n) is 3.29. The fraction of sp³-hybridized carbons (Fsp3) is 0.875. The molecule has 1 aliphatic rings. The zero-order valence-electron chi connectivity index (χ0n) is 6.92. The van der Waals surface area contributed by atoms with Crippen molar-refractivity contribution in [3.05, 3.63) is 0 Å². The van der Waals surface area contributed by atoms with E-state index in [0.29, 0.717) is 6.54 Å². The van der Waals surface area contributed by atoms with Crippen molar-refractivity contribution in [3.8, 4) is 0 Å². The van der Waals surface area contributed by atoms with Crippen molar-refractivity contribution < 1.29 is 9.90 Å². The van der Waals surface area contributed by atoms with Crippen LogP contribution in [0, 0.1) is 5.92 Å². The van der Waals surface area contributed by atoms with E-state index >= 15 is 0 Å². The van der Waals surface area contributed by atoms with E-state index in [1.54, 1.807) is 7.05 Å². The number of hydrogen-bond donors (Lipinski definition) is 1. The first-order valence-electron chi connectivity index (χ1n) is 4.14. The van der Waals surface area contributed by atoms with Gasteiger partial charge in [-0.1, -0.05) is 19.3 Å². The second-order valence-corrected chi connectivity index (χ2v) is 3.29. The van der Waals surface area contributed by atoms with Gasteiger partial charge in [0.2, 0.25) is 0 Å². The molecule has 1 amide bonds. The molecule has 0 heterocycles. The number of amides is 1. The standard InChI is InChI=1S/C8H15NO2/c1-9(8(10)11)6-5-7-3-2-4-7/h7H,2-6H2,1H3,(H,10,11). The van der Waals surface area contributed by atoms with Crippen LogP contribution in [-0.4, -0.2) is 29.7 Å². The first-order chi connectivity index (χ1) is 5.20. The highest BCUT2D eigenvalue weighted by atomic mass is 16.4. The summed E-state index contributed by atoms with van der Waals surface area (Å²) in [4.78, 5) is 11.7. The largest absolute Gasteiger partial charge is 0.465 e. The molecule has 1 rings (SSSR count). The van der Waals surface area contributed by atoms with E-state index in [1.807, 2.05) is 0 Å². The Balaban J connectivity index is 2.05. The van der Waals surface area contributed by atoms with E-state index in [2.05, 4.69) is 0 Å². The molecule has 0 aromatic carbocycles. The summed E-state index contributed by atoms with van der Waals surface area (Å²) in [6.07, 6.45) is 4.16. The van der Waals surface area contributed by atoms with Gasteiger partial charge in [-0.3, -0.25) is 0 Å². The summed E-state index contributed by atoms with van der Waals surface area (Å²) < 4.78 is 0. The van der Waals surface area contributed by atoms with E-state index < -0.39 is 6.09 Å². The van der Waals surface area contributed by atoms with Crippen LogP contribution in [0.15, 0.2) is 0 Å². The SMILES string of the molecule is CN(CCC1CCC1)C(=O)O. The van der Waals surface area contributed by atoms with E-state index in [4.69, 9.17) is 5.11 Å². The molecule has 3 heteroatoms. The Morgan fingerprint density at radius 3 is 2.64 bits per heavy atom. The predicted molar refractivity (Wildman–Crippen MR) is 42.6 cm³/mol. The summed E-state index contributed by atoms with van der Waals surface area (Å²) in [6.45, 7) is 0.694. The zero-order valence-corrected chi connectivity index (χ0v) is 6.92. The van der Waals surface area contributed by atoms with E-state index in [0.717, 1.165) is 12.3 Å². The van der Waals surface area contributed by atoms with Crippen molar-refractivity contribution in [2.45, 2.75) is 25.7 Å². The minimum Gasteiger partial charge on any atom is -0.465 e. The molecule has 0 unspecified atom stereocenters. The lowest BCUT2D eigenvalue weighted by molar-refractivity contribution is 0.149. The summed E-state index contributed by atoms with van der Waals surface area (Å²) in [6, 6.07) is 0. The molecule has 1 aliphatic carbocycles. The maximum absolute atomic E-state index is 10.3. The van der Waals surface area contributed by atoms with Crippen LogP contribution in [0.4, 0.5) is 4.79 Å². The lowest BCUT2D eigenvalue weighted by Gasteiger charge is -2.26. The molecule has 0 bridgehead atoms. The fourth-order valence-corrected chi connectivity index (χ4v) is 1.25. The highest BCUT2D eigenvalue weighted by Gasteiger charge is 2.18. The quantitative estimate of drug-likeness (QED) is 0.678. The Morgan fingerprint density at radius 2 is 2.27 bits per heavy atom. The number of nitrogens with zero attached hydrogens (tertiary/aromatic N) is 1. The van der Waals surface area contributed by atoms with Crippen LogP contribution >= 0.6 is 0 Å². The first-order valence-corrected chi connectivity index (χ1v) is 4.14. The molecule has 0 aliphatic heterocycles. The van der Waals surface area contributed by atoms with Gasteiger partial charge in [-0.2, -0.15) is 0 Å². The van der Waals surface area contributed by atoms with Gasteiger partial charge in [0.05, 0.1) is 0 Å². The normalized spacial score (nSPS) is 17.5. The summed E-state index contributed by atoms with van der Waals surface area (Å²) in [5, 5.41) is 8.51. The van der Waals surface area contributed by atoms with Gasteiger partial charge >= 0.3 is 6.09 Å². The minimum absolute atomic E-state index is 0.694. The van der Waals surface area contributed by atoms with Gasteiger partial charge < -0.3 is 10.0 Å². The average Bonchev–Trinajstić information content (AvgIpc) is 1.83. The highest BCUT2D eigenvalue weighted by Crippen LogP contribution is 2.29. The van der Waals surface area contributed by atoms with E-state index in [-0.39, 0.29) is 0 Å². The maximum Gasteiger partial charge on any atom is 0.407 e. The van der Waals surface area contributed by atoms with Gasteiger partial charge in [-0.15, -0.1) is 0 Å². The number of carboxylic acid groups (broad SMARTS) is 1.